The van der Waals surface area contributed by atoms with Gasteiger partial charge in [-0.05, 0) is 30.1 Å². The summed E-state index contributed by atoms with van der Waals surface area (Å²) in [4.78, 5) is 22.7. The number of carbonyl (C=O) groups is 2. The molecule has 0 aromatic carbocycles. The maximum absolute atomic E-state index is 11.7. The van der Waals surface area contributed by atoms with Gasteiger partial charge in [0.25, 0.3) is 0 Å². The predicted octanol–water partition coefficient (Wildman–Crippen LogP) is 0.398. The lowest BCUT2D eigenvalue weighted by molar-refractivity contribution is -0.150. The zero-order valence-corrected chi connectivity index (χ0v) is 7.01. The van der Waals surface area contributed by atoms with Crippen molar-refractivity contribution in [3.63, 3.8) is 0 Å². The van der Waals surface area contributed by atoms with Gasteiger partial charge in [-0.25, -0.2) is 0 Å². The second-order valence-corrected chi connectivity index (χ2v) is 5.04. The molecule has 4 aliphatic carbocycles. The van der Waals surface area contributed by atoms with Crippen LogP contribution in [0, 0.1) is 41.4 Å². The molecule has 0 aromatic rings. The van der Waals surface area contributed by atoms with Gasteiger partial charge in [0, 0.05) is 11.8 Å². The van der Waals surface area contributed by atoms with Crippen molar-refractivity contribution >= 4 is 11.8 Å². The van der Waals surface area contributed by atoms with E-state index in [0.29, 0.717) is 35.4 Å². The molecule has 4 rings (SSSR count). The van der Waals surface area contributed by atoms with Gasteiger partial charge in [0.15, 0.2) is 0 Å². The van der Waals surface area contributed by atoms with Crippen LogP contribution in [0.4, 0.5) is 0 Å². The monoisotopic (exact) mass is 178 g/mol. The predicted molar refractivity (Wildman–Crippen MR) is 41.7 cm³/mol. The molecular weight excluding hydrogens is 168 g/mol. The molecule has 3 heteroatoms. The van der Waals surface area contributed by atoms with Crippen molar-refractivity contribution in [2.75, 3.05) is 0 Å². The van der Waals surface area contributed by atoms with Crippen molar-refractivity contribution in [2.45, 2.75) is 6.42 Å². The van der Waals surface area contributed by atoms with E-state index in [4.69, 9.17) is 5.11 Å². The largest absolute Gasteiger partial charge is 0.481 e. The topological polar surface area (TPSA) is 54.4 Å². The van der Waals surface area contributed by atoms with Crippen LogP contribution in [0.15, 0.2) is 0 Å². The summed E-state index contributed by atoms with van der Waals surface area (Å²) in [5.41, 5.74) is 0. The molecule has 13 heavy (non-hydrogen) atoms. The molecule has 0 saturated heterocycles. The highest BCUT2D eigenvalue weighted by molar-refractivity contribution is 5.96. The van der Waals surface area contributed by atoms with Gasteiger partial charge in [0.05, 0.1) is 5.92 Å². The van der Waals surface area contributed by atoms with Gasteiger partial charge in [-0.15, -0.1) is 0 Å². The molecule has 0 aromatic heterocycles. The first-order valence-corrected chi connectivity index (χ1v) is 4.98. The summed E-state index contributed by atoms with van der Waals surface area (Å²) in [6, 6.07) is 0. The lowest BCUT2D eigenvalue weighted by Crippen LogP contribution is -2.37. The van der Waals surface area contributed by atoms with Gasteiger partial charge in [-0.3, -0.25) is 9.59 Å². The third-order valence-corrected chi connectivity index (χ3v) is 4.92. The van der Waals surface area contributed by atoms with Crippen LogP contribution in [0.1, 0.15) is 6.42 Å². The molecule has 0 amide bonds. The molecule has 1 N–H and O–H groups in total. The Morgan fingerprint density at radius 1 is 1.23 bits per heavy atom. The van der Waals surface area contributed by atoms with Crippen LogP contribution in [0.2, 0.25) is 0 Å². The fraction of sp³-hybridized carbons (Fsp3) is 0.800. The molecule has 0 radical (unpaired) electrons. The Kier molecular flexibility index (Phi) is 0.786. The lowest BCUT2D eigenvalue weighted by Gasteiger charge is -2.27. The van der Waals surface area contributed by atoms with E-state index in [9.17, 15) is 9.59 Å². The van der Waals surface area contributed by atoms with E-state index in [2.05, 4.69) is 0 Å². The fourth-order valence-corrected chi connectivity index (χ4v) is 4.72. The molecule has 4 fully saturated rings. The van der Waals surface area contributed by atoms with E-state index in [0.717, 1.165) is 6.42 Å². The third kappa shape index (κ3) is 0.457. The molecule has 7 atom stereocenters. The van der Waals surface area contributed by atoms with Gasteiger partial charge in [0.2, 0.25) is 0 Å². The Hall–Kier alpha value is -0.860. The second-order valence-electron chi connectivity index (χ2n) is 5.04. The number of ketones is 1. The number of Topliss-reactive ketones (excluding diaryl/α,β-unsaturated/α-hetero) is 1. The summed E-state index contributed by atoms with van der Waals surface area (Å²) in [6.45, 7) is 0. The fourth-order valence-electron chi connectivity index (χ4n) is 4.72. The molecule has 4 aliphatic rings. The number of fused-ring (bicyclic) bond motifs is 3. The van der Waals surface area contributed by atoms with Gasteiger partial charge in [0.1, 0.15) is 5.78 Å². The molecular formula is C10H10O3. The van der Waals surface area contributed by atoms with Crippen molar-refractivity contribution in [1.29, 1.82) is 0 Å². The minimum absolute atomic E-state index is 0.0810. The van der Waals surface area contributed by atoms with Crippen molar-refractivity contribution in [3.05, 3.63) is 0 Å². The minimum Gasteiger partial charge on any atom is -0.481 e. The van der Waals surface area contributed by atoms with Crippen LogP contribution in [-0.4, -0.2) is 16.9 Å². The summed E-state index contributed by atoms with van der Waals surface area (Å²) >= 11 is 0. The number of hydrogen-bond acceptors (Lipinski definition) is 2. The molecule has 4 saturated carbocycles. The number of carbonyl (C=O) groups excluding carboxylic acids is 1. The first-order chi connectivity index (χ1) is 6.22. The molecule has 0 spiro atoms. The van der Waals surface area contributed by atoms with Crippen LogP contribution < -0.4 is 0 Å². The van der Waals surface area contributed by atoms with E-state index in [1.54, 1.807) is 0 Å². The maximum atomic E-state index is 11.7. The Labute approximate surface area is 75.1 Å². The average molecular weight is 178 g/mol. The van der Waals surface area contributed by atoms with E-state index in [1.165, 1.54) is 0 Å². The smallest absolute Gasteiger partial charge is 0.307 e. The number of carboxylic acid groups (broad SMARTS) is 1. The number of hydrogen-bond donors (Lipinski definition) is 1. The maximum Gasteiger partial charge on any atom is 0.307 e. The number of aliphatic carboxylic acids is 1. The Bertz CT molecular complexity index is 348. The number of carboxylic acids is 1. The van der Waals surface area contributed by atoms with E-state index >= 15 is 0 Å². The minimum atomic E-state index is -0.727. The zero-order valence-electron chi connectivity index (χ0n) is 7.01. The van der Waals surface area contributed by atoms with E-state index < -0.39 is 5.97 Å². The highest BCUT2D eigenvalue weighted by Crippen LogP contribution is 2.79. The summed E-state index contributed by atoms with van der Waals surface area (Å²) < 4.78 is 0. The second kappa shape index (κ2) is 1.56. The van der Waals surface area contributed by atoms with Crippen molar-refractivity contribution in [1.82, 2.24) is 0 Å². The number of rotatable bonds is 1. The average Bonchev–Trinajstić information content (AvgIpc) is 2.50. The van der Waals surface area contributed by atoms with Crippen LogP contribution in [0.25, 0.3) is 0 Å². The van der Waals surface area contributed by atoms with Crippen molar-refractivity contribution in [3.8, 4) is 0 Å². The quantitative estimate of drug-likeness (QED) is 0.632. The highest BCUT2D eigenvalue weighted by atomic mass is 16.4. The molecule has 3 nitrogen and oxygen atoms in total. The van der Waals surface area contributed by atoms with Crippen LogP contribution >= 0.6 is 0 Å². The van der Waals surface area contributed by atoms with Gasteiger partial charge in [-0.1, -0.05) is 0 Å². The summed E-state index contributed by atoms with van der Waals surface area (Å²) in [6.07, 6.45) is 1.03. The molecule has 68 valence electrons. The molecule has 0 heterocycles. The normalized spacial score (nSPS) is 64.6. The molecule has 0 aliphatic heterocycles. The van der Waals surface area contributed by atoms with Gasteiger partial charge in [-0.2, -0.15) is 0 Å². The molecule has 2 bridgehead atoms. The van der Waals surface area contributed by atoms with E-state index in [1.807, 2.05) is 0 Å². The standard InChI is InChI=1S/C10H10O3/c11-9-6-2-1-3(7(6)10(12)13)5-4(2)8(5)9/h2-8H,1H2,(H,12,13)/t2-,3+,4-,5+,6+,7-,8-/m0/s1. The first-order valence-electron chi connectivity index (χ1n) is 4.98. The summed E-state index contributed by atoms with van der Waals surface area (Å²) in [5.74, 6) is 1.43. The third-order valence-electron chi connectivity index (χ3n) is 4.92. The summed E-state index contributed by atoms with van der Waals surface area (Å²) in [5, 5.41) is 9.03. The zero-order chi connectivity index (χ0) is 8.90. The van der Waals surface area contributed by atoms with Crippen LogP contribution in [0.3, 0.4) is 0 Å². The van der Waals surface area contributed by atoms with E-state index in [-0.39, 0.29) is 11.8 Å². The lowest BCUT2D eigenvalue weighted by atomic mass is 9.75. The van der Waals surface area contributed by atoms with Crippen molar-refractivity contribution in [2.24, 2.45) is 41.4 Å². The Morgan fingerprint density at radius 3 is 2.46 bits per heavy atom. The SMILES string of the molecule is O=C(O)[C@H]1[C@@H]2C[C@@H]3[C@H]1C(=O)[C@H]1[C@@H]3[C@@H]21. The van der Waals surface area contributed by atoms with Crippen molar-refractivity contribution < 1.29 is 14.7 Å². The van der Waals surface area contributed by atoms with Gasteiger partial charge < -0.3 is 5.11 Å². The van der Waals surface area contributed by atoms with Gasteiger partial charge >= 0.3 is 5.97 Å². The Morgan fingerprint density at radius 2 is 1.92 bits per heavy atom. The summed E-state index contributed by atoms with van der Waals surface area (Å²) in [7, 11) is 0. The first kappa shape index (κ1) is 6.57. The van der Waals surface area contributed by atoms with Crippen LogP contribution in [-0.2, 0) is 9.59 Å². The highest BCUT2D eigenvalue weighted by Gasteiger charge is 2.81. The Balaban J connectivity index is 1.86. The van der Waals surface area contributed by atoms with Crippen LogP contribution in [0.5, 0.6) is 0 Å². The molecule has 0 unspecified atom stereocenters.